The number of amides is 2. The van der Waals surface area contributed by atoms with E-state index in [-0.39, 0.29) is 12.1 Å². The Kier molecular flexibility index (Phi) is 4.97. The molecule has 1 aromatic carbocycles. The lowest BCUT2D eigenvalue weighted by molar-refractivity contribution is 0.176. The lowest BCUT2D eigenvalue weighted by Gasteiger charge is -2.27. The van der Waals surface area contributed by atoms with Crippen molar-refractivity contribution in [3.05, 3.63) is 59.9 Å². The lowest BCUT2D eigenvalue weighted by Crippen LogP contribution is -2.34. The number of benzene rings is 1. The standard InChI is InChI=1S/C22H23F2N5O2/c23-14-3-5-18(24)17(10-14)19-2-1-8-28(19)15-4-6-20-25-11-21(29(20)12-15)26-22(31)27-9-7-16(30)13-27/h3-6,10-12,16,19,30H,1-2,7-9,13H2,(H,26,31)/t16-,19?/m0/s1. The van der Waals surface area contributed by atoms with Crippen LogP contribution in [0, 0.1) is 11.6 Å². The van der Waals surface area contributed by atoms with Crippen LogP contribution < -0.4 is 10.2 Å². The first kappa shape index (κ1) is 19.7. The van der Waals surface area contributed by atoms with Gasteiger partial charge in [-0.1, -0.05) is 0 Å². The number of anilines is 2. The van der Waals surface area contributed by atoms with E-state index < -0.39 is 17.7 Å². The molecule has 1 unspecified atom stereocenters. The van der Waals surface area contributed by atoms with Crippen molar-refractivity contribution in [2.45, 2.75) is 31.4 Å². The zero-order chi connectivity index (χ0) is 21.5. The quantitative estimate of drug-likeness (QED) is 0.671. The second kappa shape index (κ2) is 7.81. The molecule has 0 aliphatic carbocycles. The first-order valence-electron chi connectivity index (χ1n) is 10.4. The highest BCUT2D eigenvalue weighted by atomic mass is 19.1. The summed E-state index contributed by atoms with van der Waals surface area (Å²) in [5.74, 6) is -0.357. The van der Waals surface area contributed by atoms with Gasteiger partial charge in [0.2, 0.25) is 0 Å². The maximum atomic E-state index is 14.4. The predicted octanol–water partition coefficient (Wildman–Crippen LogP) is 3.55. The monoisotopic (exact) mass is 427 g/mol. The molecule has 2 aliphatic heterocycles. The highest BCUT2D eigenvalue weighted by molar-refractivity contribution is 5.89. The number of carbonyl (C=O) groups is 1. The zero-order valence-corrected chi connectivity index (χ0v) is 16.8. The van der Waals surface area contributed by atoms with Crippen LogP contribution >= 0.6 is 0 Å². The number of hydrogen-bond donors (Lipinski definition) is 2. The van der Waals surface area contributed by atoms with Gasteiger partial charge in [-0.05, 0) is 49.6 Å². The number of fused-ring (bicyclic) bond motifs is 1. The average molecular weight is 427 g/mol. The van der Waals surface area contributed by atoms with E-state index in [1.807, 2.05) is 18.3 Å². The van der Waals surface area contributed by atoms with E-state index in [9.17, 15) is 18.7 Å². The van der Waals surface area contributed by atoms with E-state index in [1.54, 1.807) is 15.5 Å². The average Bonchev–Trinajstić information content (AvgIpc) is 3.49. The summed E-state index contributed by atoms with van der Waals surface area (Å²) in [6.07, 6.45) is 5.10. The number of halogens is 2. The van der Waals surface area contributed by atoms with Crippen LogP contribution in [-0.4, -0.2) is 51.2 Å². The molecule has 0 saturated carbocycles. The number of aromatic nitrogens is 2. The van der Waals surface area contributed by atoms with Crippen LogP contribution in [0.25, 0.3) is 5.65 Å². The highest BCUT2D eigenvalue weighted by Gasteiger charge is 2.29. The maximum absolute atomic E-state index is 14.4. The molecule has 0 bridgehead atoms. The second-order valence-electron chi connectivity index (χ2n) is 8.09. The van der Waals surface area contributed by atoms with Crippen molar-refractivity contribution in [3.8, 4) is 0 Å². The number of pyridine rings is 1. The van der Waals surface area contributed by atoms with E-state index in [0.29, 0.717) is 43.1 Å². The van der Waals surface area contributed by atoms with Gasteiger partial charge >= 0.3 is 6.03 Å². The third-order valence-electron chi connectivity index (χ3n) is 6.08. The van der Waals surface area contributed by atoms with Crippen LogP contribution in [0.5, 0.6) is 0 Å². The van der Waals surface area contributed by atoms with Crippen molar-refractivity contribution in [2.75, 3.05) is 29.9 Å². The molecule has 7 nitrogen and oxygen atoms in total. The Bertz CT molecular complexity index is 1130. The van der Waals surface area contributed by atoms with Crippen molar-refractivity contribution < 1.29 is 18.7 Å². The first-order valence-corrected chi connectivity index (χ1v) is 10.4. The number of nitrogens with one attached hydrogen (secondary N) is 1. The normalized spacial score (nSPS) is 21.3. The number of imidazole rings is 1. The van der Waals surface area contributed by atoms with Crippen LogP contribution in [0.2, 0.25) is 0 Å². The van der Waals surface area contributed by atoms with Gasteiger partial charge in [-0.15, -0.1) is 0 Å². The molecule has 0 spiro atoms. The van der Waals surface area contributed by atoms with Crippen LogP contribution in [0.1, 0.15) is 30.9 Å². The lowest BCUT2D eigenvalue weighted by atomic mass is 10.0. The molecule has 2 atom stereocenters. The maximum Gasteiger partial charge on any atom is 0.323 e. The summed E-state index contributed by atoms with van der Waals surface area (Å²) in [4.78, 5) is 20.5. The molecule has 2 aromatic heterocycles. The van der Waals surface area contributed by atoms with Crippen LogP contribution in [0.15, 0.2) is 42.7 Å². The van der Waals surface area contributed by atoms with Crippen LogP contribution in [0.4, 0.5) is 25.1 Å². The van der Waals surface area contributed by atoms with Gasteiger partial charge in [-0.25, -0.2) is 18.6 Å². The Morgan fingerprint density at radius 2 is 2.03 bits per heavy atom. The van der Waals surface area contributed by atoms with E-state index in [2.05, 4.69) is 15.2 Å². The van der Waals surface area contributed by atoms with Gasteiger partial charge in [0.1, 0.15) is 23.1 Å². The van der Waals surface area contributed by atoms with Gasteiger partial charge in [0.05, 0.1) is 24.0 Å². The fraction of sp³-hybridized carbons (Fsp3) is 0.364. The van der Waals surface area contributed by atoms with Gasteiger partial charge in [0.25, 0.3) is 0 Å². The summed E-state index contributed by atoms with van der Waals surface area (Å²) in [7, 11) is 0. The number of aliphatic hydroxyl groups excluding tert-OH is 1. The molecule has 4 heterocycles. The Hall–Kier alpha value is -3.20. The van der Waals surface area contributed by atoms with Crippen molar-refractivity contribution in [2.24, 2.45) is 0 Å². The molecule has 2 N–H and O–H groups in total. The van der Waals surface area contributed by atoms with Crippen LogP contribution in [0.3, 0.4) is 0 Å². The van der Waals surface area contributed by atoms with Gasteiger partial charge in [0, 0.05) is 31.4 Å². The Morgan fingerprint density at radius 1 is 1.16 bits per heavy atom. The molecule has 5 rings (SSSR count). The number of hydrogen-bond acceptors (Lipinski definition) is 4. The highest BCUT2D eigenvalue weighted by Crippen LogP contribution is 2.37. The van der Waals surface area contributed by atoms with E-state index >= 15 is 0 Å². The molecule has 2 fully saturated rings. The topological polar surface area (TPSA) is 73.1 Å². The summed E-state index contributed by atoms with van der Waals surface area (Å²) in [5.41, 5.74) is 1.85. The Morgan fingerprint density at radius 3 is 2.84 bits per heavy atom. The molecule has 162 valence electrons. The molecule has 2 aliphatic rings. The zero-order valence-electron chi connectivity index (χ0n) is 16.8. The Balaban J connectivity index is 1.43. The summed E-state index contributed by atoms with van der Waals surface area (Å²) in [6.45, 7) is 1.53. The smallest absolute Gasteiger partial charge is 0.323 e. The minimum atomic E-state index is -0.491. The van der Waals surface area contributed by atoms with Crippen LogP contribution in [-0.2, 0) is 0 Å². The molecular weight excluding hydrogens is 404 g/mol. The third-order valence-corrected chi connectivity index (χ3v) is 6.08. The minimum Gasteiger partial charge on any atom is -0.391 e. The summed E-state index contributed by atoms with van der Waals surface area (Å²) in [5, 5.41) is 12.5. The molecule has 2 saturated heterocycles. The Labute approximate surface area is 177 Å². The van der Waals surface area contributed by atoms with Gasteiger partial charge in [-0.2, -0.15) is 0 Å². The van der Waals surface area contributed by atoms with Gasteiger partial charge in [0.15, 0.2) is 0 Å². The number of rotatable bonds is 3. The summed E-state index contributed by atoms with van der Waals surface area (Å²) >= 11 is 0. The number of urea groups is 1. The fourth-order valence-corrected chi connectivity index (χ4v) is 4.52. The number of β-amino-alcohol motifs (C(OH)–C–C–N with tert-alkyl or cyclic N) is 1. The van der Waals surface area contributed by atoms with Gasteiger partial charge in [-0.3, -0.25) is 9.72 Å². The van der Waals surface area contributed by atoms with Crippen molar-refractivity contribution in [3.63, 3.8) is 0 Å². The SMILES string of the molecule is O=C(Nc1cnc2ccc(N3CCCC3c3cc(F)ccc3F)cn12)N1CC[C@H](O)C1. The van der Waals surface area contributed by atoms with Crippen molar-refractivity contribution in [1.29, 1.82) is 0 Å². The molecule has 3 aromatic rings. The van der Waals surface area contributed by atoms with E-state index in [0.717, 1.165) is 24.6 Å². The third kappa shape index (κ3) is 3.69. The van der Waals surface area contributed by atoms with E-state index in [4.69, 9.17) is 0 Å². The number of nitrogens with zero attached hydrogens (tertiary/aromatic N) is 4. The fourth-order valence-electron chi connectivity index (χ4n) is 4.52. The number of likely N-dealkylation sites (tertiary alicyclic amines) is 1. The number of carbonyl (C=O) groups excluding carboxylic acids is 1. The largest absolute Gasteiger partial charge is 0.391 e. The molecule has 31 heavy (non-hydrogen) atoms. The molecular formula is C22H23F2N5O2. The second-order valence-corrected chi connectivity index (χ2v) is 8.09. The number of aliphatic hydroxyl groups is 1. The van der Waals surface area contributed by atoms with Crippen molar-refractivity contribution >= 4 is 23.2 Å². The first-order chi connectivity index (χ1) is 15.0. The van der Waals surface area contributed by atoms with Gasteiger partial charge < -0.3 is 14.9 Å². The molecule has 0 radical (unpaired) electrons. The minimum absolute atomic E-state index is 0.263. The van der Waals surface area contributed by atoms with Crippen molar-refractivity contribution in [1.82, 2.24) is 14.3 Å². The summed E-state index contributed by atoms with van der Waals surface area (Å²) < 4.78 is 30.0. The molecule has 9 heteroatoms. The van der Waals surface area contributed by atoms with E-state index in [1.165, 1.54) is 12.1 Å². The summed E-state index contributed by atoms with van der Waals surface area (Å²) in [6, 6.07) is 6.75. The molecule has 2 amide bonds. The predicted molar refractivity (Wildman–Crippen MR) is 112 cm³/mol.